The van der Waals surface area contributed by atoms with Crippen LogP contribution in [-0.2, 0) is 11.3 Å². The number of nitrogens with zero attached hydrogens (tertiary/aromatic N) is 3. The number of carbonyl (C=O) groups excluding carboxylic acids is 2. The minimum absolute atomic E-state index is 0.0942. The second kappa shape index (κ2) is 9.92. The zero-order valence-electron chi connectivity index (χ0n) is 20.3. The Balaban J connectivity index is 1.72. The van der Waals surface area contributed by atoms with Crippen molar-refractivity contribution in [1.29, 1.82) is 0 Å². The summed E-state index contributed by atoms with van der Waals surface area (Å²) in [5.74, 6) is -0.0587. The minimum atomic E-state index is -1.07. The van der Waals surface area contributed by atoms with E-state index in [0.717, 1.165) is 42.0 Å². The average molecular weight is 469 g/mol. The lowest BCUT2D eigenvalue weighted by atomic mass is 9.91. The maximum absolute atomic E-state index is 13.9. The van der Waals surface area contributed by atoms with Gasteiger partial charge in [0.2, 0.25) is 5.91 Å². The Morgan fingerprint density at radius 1 is 1.15 bits per heavy atom. The SMILES string of the molecule is CSc1cccc(N2C(=O)c3cc(C(C)C)nn3C[C@@]2(C)C(=O)NC2CCCCCCC2)c1. The molecule has 0 spiro atoms. The molecule has 1 fully saturated rings. The summed E-state index contributed by atoms with van der Waals surface area (Å²) in [6, 6.07) is 9.94. The molecule has 2 aromatic rings. The van der Waals surface area contributed by atoms with Crippen LogP contribution >= 0.6 is 11.8 Å². The predicted molar refractivity (Wildman–Crippen MR) is 134 cm³/mol. The van der Waals surface area contributed by atoms with Crippen LogP contribution in [0.3, 0.4) is 0 Å². The number of hydrogen-bond donors (Lipinski definition) is 1. The molecule has 0 radical (unpaired) electrons. The molecule has 1 aromatic heterocycles. The predicted octanol–water partition coefficient (Wildman–Crippen LogP) is 5.38. The van der Waals surface area contributed by atoms with E-state index >= 15 is 0 Å². The van der Waals surface area contributed by atoms with Gasteiger partial charge in [-0.15, -0.1) is 11.8 Å². The van der Waals surface area contributed by atoms with Crippen LogP contribution in [0.25, 0.3) is 0 Å². The van der Waals surface area contributed by atoms with Crippen LogP contribution in [0, 0.1) is 0 Å². The third-order valence-electron chi connectivity index (χ3n) is 7.00. The number of fused-ring (bicyclic) bond motifs is 1. The monoisotopic (exact) mass is 468 g/mol. The van der Waals surface area contributed by atoms with Crippen LogP contribution in [0.15, 0.2) is 35.2 Å². The number of aromatic nitrogens is 2. The number of hydrogen-bond acceptors (Lipinski definition) is 4. The average Bonchev–Trinajstić information content (AvgIpc) is 3.20. The van der Waals surface area contributed by atoms with Gasteiger partial charge < -0.3 is 5.32 Å². The van der Waals surface area contributed by atoms with Crippen molar-refractivity contribution in [3.05, 3.63) is 41.7 Å². The second-order valence-electron chi connectivity index (χ2n) is 9.90. The highest BCUT2D eigenvalue weighted by atomic mass is 32.2. The normalized spacial score (nSPS) is 22.1. The number of anilines is 1. The quantitative estimate of drug-likeness (QED) is 0.599. The molecule has 4 rings (SSSR count). The van der Waals surface area contributed by atoms with Gasteiger partial charge in [0.15, 0.2) is 0 Å². The van der Waals surface area contributed by atoms with Gasteiger partial charge >= 0.3 is 0 Å². The van der Waals surface area contributed by atoms with Crippen LogP contribution in [0.4, 0.5) is 5.69 Å². The van der Waals surface area contributed by atoms with E-state index in [9.17, 15) is 9.59 Å². The smallest absolute Gasteiger partial charge is 0.277 e. The molecule has 1 aliphatic carbocycles. The molecule has 2 aliphatic rings. The summed E-state index contributed by atoms with van der Waals surface area (Å²) >= 11 is 1.63. The fourth-order valence-electron chi connectivity index (χ4n) is 4.98. The molecule has 2 amide bonds. The summed E-state index contributed by atoms with van der Waals surface area (Å²) in [6.45, 7) is 6.36. The minimum Gasteiger partial charge on any atom is -0.351 e. The number of thioether (sulfide) groups is 1. The van der Waals surface area contributed by atoms with Crippen molar-refractivity contribution >= 4 is 29.3 Å². The van der Waals surface area contributed by atoms with Crippen LogP contribution in [0.1, 0.15) is 87.8 Å². The molecule has 7 heteroatoms. The van der Waals surface area contributed by atoms with E-state index in [1.54, 1.807) is 21.3 Å². The van der Waals surface area contributed by atoms with Crippen molar-refractivity contribution in [2.45, 2.75) is 94.7 Å². The molecule has 33 heavy (non-hydrogen) atoms. The van der Waals surface area contributed by atoms with Gasteiger partial charge in [-0.1, -0.05) is 52.0 Å². The first-order valence-electron chi connectivity index (χ1n) is 12.2. The Kier molecular flexibility index (Phi) is 7.17. The van der Waals surface area contributed by atoms with Crippen molar-refractivity contribution in [2.75, 3.05) is 11.2 Å². The summed E-state index contributed by atoms with van der Waals surface area (Å²) < 4.78 is 1.74. The Labute approximate surface area is 201 Å². The summed E-state index contributed by atoms with van der Waals surface area (Å²) in [4.78, 5) is 30.5. The third kappa shape index (κ3) is 4.84. The van der Waals surface area contributed by atoms with Gasteiger partial charge in [0.05, 0.1) is 12.2 Å². The molecule has 6 nitrogen and oxygen atoms in total. The molecule has 0 saturated heterocycles. The molecular weight excluding hydrogens is 432 g/mol. The summed E-state index contributed by atoms with van der Waals surface area (Å²) in [7, 11) is 0. The highest BCUT2D eigenvalue weighted by Gasteiger charge is 2.49. The van der Waals surface area contributed by atoms with E-state index in [0.29, 0.717) is 12.2 Å². The maximum atomic E-state index is 13.9. The van der Waals surface area contributed by atoms with Gasteiger partial charge in [-0.2, -0.15) is 5.10 Å². The first kappa shape index (κ1) is 23.9. The molecule has 1 saturated carbocycles. The fourth-order valence-corrected chi connectivity index (χ4v) is 5.43. The molecular formula is C26H36N4O2S. The highest BCUT2D eigenvalue weighted by Crippen LogP contribution is 2.35. The molecule has 1 aliphatic heterocycles. The lowest BCUT2D eigenvalue weighted by Gasteiger charge is -2.44. The topological polar surface area (TPSA) is 67.2 Å². The fraction of sp³-hybridized carbons (Fsp3) is 0.577. The lowest BCUT2D eigenvalue weighted by molar-refractivity contribution is -0.127. The first-order chi connectivity index (χ1) is 15.8. The van der Waals surface area contributed by atoms with Crippen LogP contribution in [0.2, 0.25) is 0 Å². The van der Waals surface area contributed by atoms with Crippen molar-refractivity contribution in [3.8, 4) is 0 Å². The van der Waals surface area contributed by atoms with Crippen molar-refractivity contribution < 1.29 is 9.59 Å². The molecule has 1 atom stereocenters. The maximum Gasteiger partial charge on any atom is 0.277 e. The van der Waals surface area contributed by atoms with E-state index in [2.05, 4.69) is 19.2 Å². The largest absolute Gasteiger partial charge is 0.351 e. The van der Waals surface area contributed by atoms with Crippen LogP contribution in [0.5, 0.6) is 0 Å². The Hall–Kier alpha value is -2.28. The van der Waals surface area contributed by atoms with E-state index in [4.69, 9.17) is 5.10 Å². The van der Waals surface area contributed by atoms with E-state index in [-0.39, 0.29) is 23.8 Å². The summed E-state index contributed by atoms with van der Waals surface area (Å²) in [5, 5.41) is 8.03. The van der Waals surface area contributed by atoms with Gasteiger partial charge in [-0.25, -0.2) is 0 Å². The van der Waals surface area contributed by atoms with Gasteiger partial charge in [0.25, 0.3) is 5.91 Å². The summed E-state index contributed by atoms with van der Waals surface area (Å²) in [5.41, 5.74) is 1.11. The summed E-state index contributed by atoms with van der Waals surface area (Å²) in [6.07, 6.45) is 10.0. The molecule has 0 unspecified atom stereocenters. The third-order valence-corrected chi connectivity index (χ3v) is 7.73. The van der Waals surface area contributed by atoms with Gasteiger partial charge in [-0.05, 0) is 56.2 Å². The number of benzene rings is 1. The highest BCUT2D eigenvalue weighted by molar-refractivity contribution is 7.98. The number of nitrogens with one attached hydrogen (secondary N) is 1. The standard InChI is InChI=1S/C26H36N4O2S/c1-18(2)22-16-23-24(31)30(20-13-10-14-21(15-20)33-4)26(3,17-29(23)28-22)25(32)27-19-11-8-6-5-7-9-12-19/h10,13-16,18-19H,5-9,11-12,17H2,1-4H3,(H,27,32)/t26-/m0/s1. The molecule has 1 N–H and O–H groups in total. The van der Waals surface area contributed by atoms with Gasteiger partial charge in [0.1, 0.15) is 11.2 Å². The number of rotatable bonds is 5. The second-order valence-corrected chi connectivity index (χ2v) is 10.8. The first-order valence-corrected chi connectivity index (χ1v) is 13.4. The van der Waals surface area contributed by atoms with E-state index in [1.807, 2.05) is 43.5 Å². The van der Waals surface area contributed by atoms with Gasteiger partial charge in [-0.3, -0.25) is 19.2 Å². The van der Waals surface area contributed by atoms with Crippen LogP contribution in [-0.4, -0.2) is 39.4 Å². The van der Waals surface area contributed by atoms with E-state index in [1.165, 1.54) is 19.3 Å². The molecule has 1 aromatic carbocycles. The van der Waals surface area contributed by atoms with Crippen molar-refractivity contribution in [2.24, 2.45) is 0 Å². The number of carbonyl (C=O) groups is 2. The van der Waals surface area contributed by atoms with Crippen LogP contribution < -0.4 is 10.2 Å². The lowest BCUT2D eigenvalue weighted by Crippen LogP contribution is -2.65. The van der Waals surface area contributed by atoms with Gasteiger partial charge in [0, 0.05) is 16.6 Å². The Morgan fingerprint density at radius 3 is 2.52 bits per heavy atom. The Morgan fingerprint density at radius 2 is 1.85 bits per heavy atom. The molecule has 2 heterocycles. The van der Waals surface area contributed by atoms with Crippen molar-refractivity contribution in [3.63, 3.8) is 0 Å². The Bertz CT molecular complexity index is 1010. The molecule has 0 bridgehead atoms. The zero-order valence-corrected chi connectivity index (χ0v) is 21.1. The number of amides is 2. The zero-order chi connectivity index (χ0) is 23.6. The van der Waals surface area contributed by atoms with Crippen molar-refractivity contribution in [1.82, 2.24) is 15.1 Å². The molecule has 178 valence electrons. The van der Waals surface area contributed by atoms with E-state index < -0.39 is 5.54 Å².